The fourth-order valence-corrected chi connectivity index (χ4v) is 2.76. The third-order valence-corrected chi connectivity index (χ3v) is 4.48. The second kappa shape index (κ2) is 6.47. The van der Waals surface area contributed by atoms with Crippen molar-refractivity contribution >= 4 is 11.6 Å². The van der Waals surface area contributed by atoms with Crippen molar-refractivity contribution < 1.29 is 14.1 Å². The van der Waals surface area contributed by atoms with E-state index in [1.165, 1.54) is 18.6 Å². The molecule has 1 amide bonds. The number of likely N-dealkylation sites (N-methyl/N-ethyl adjacent to an activating group) is 1. The van der Waals surface area contributed by atoms with Gasteiger partial charge in [-0.3, -0.25) is 14.9 Å². The molecular weight excluding hydrogens is 308 g/mol. The summed E-state index contributed by atoms with van der Waals surface area (Å²) in [4.78, 5) is 24.1. The Bertz CT molecular complexity index is 751. The molecule has 2 aromatic rings. The summed E-state index contributed by atoms with van der Waals surface area (Å²) < 4.78 is 5.82. The van der Waals surface area contributed by atoms with Crippen LogP contribution < -0.4 is 0 Å². The van der Waals surface area contributed by atoms with E-state index >= 15 is 0 Å². The Hall–Kier alpha value is -2.63. The lowest BCUT2D eigenvalue weighted by atomic mass is 10.1. The molecule has 126 valence electrons. The van der Waals surface area contributed by atoms with E-state index in [0.717, 1.165) is 17.1 Å². The molecule has 0 radical (unpaired) electrons. The summed E-state index contributed by atoms with van der Waals surface area (Å²) in [5, 5.41) is 10.6. The maximum Gasteiger partial charge on any atom is 0.269 e. The molecule has 1 aliphatic rings. The molecule has 1 aromatic carbocycles. The Labute approximate surface area is 140 Å². The van der Waals surface area contributed by atoms with Crippen molar-refractivity contribution in [2.45, 2.75) is 32.2 Å². The normalized spacial score (nSPS) is 19.1. The number of hydrogen-bond donors (Lipinski definition) is 0. The maximum atomic E-state index is 12.3. The standard InChI is InChI=1S/C18H20N2O4/c1-12-9-16(12)17-8-7-15(24-17)11-19(2)18(21)10-13-3-5-14(6-4-13)20(22)23/h3-8,12,16H,9-11H2,1-2H3. The smallest absolute Gasteiger partial charge is 0.269 e. The molecule has 1 fully saturated rings. The average Bonchev–Trinajstić information content (AvgIpc) is 3.10. The zero-order valence-corrected chi connectivity index (χ0v) is 13.8. The number of non-ortho nitro benzene ring substituents is 1. The monoisotopic (exact) mass is 328 g/mol. The molecule has 24 heavy (non-hydrogen) atoms. The topological polar surface area (TPSA) is 76.6 Å². The van der Waals surface area contributed by atoms with Crippen LogP contribution in [0.2, 0.25) is 0 Å². The Morgan fingerprint density at radius 3 is 2.54 bits per heavy atom. The van der Waals surface area contributed by atoms with Crippen LogP contribution >= 0.6 is 0 Å². The Morgan fingerprint density at radius 2 is 1.96 bits per heavy atom. The van der Waals surface area contributed by atoms with Gasteiger partial charge in [0.25, 0.3) is 5.69 Å². The largest absolute Gasteiger partial charge is 0.464 e. The molecule has 1 heterocycles. The Kier molecular flexibility index (Phi) is 4.38. The Balaban J connectivity index is 1.56. The van der Waals surface area contributed by atoms with Gasteiger partial charge in [0.1, 0.15) is 11.5 Å². The van der Waals surface area contributed by atoms with E-state index in [1.807, 2.05) is 12.1 Å². The van der Waals surface area contributed by atoms with Gasteiger partial charge in [0.2, 0.25) is 5.91 Å². The molecule has 6 nitrogen and oxygen atoms in total. The number of nitro groups is 1. The van der Waals surface area contributed by atoms with Gasteiger partial charge in [0.05, 0.1) is 17.9 Å². The maximum absolute atomic E-state index is 12.3. The van der Waals surface area contributed by atoms with Crippen LogP contribution in [0.4, 0.5) is 5.69 Å². The highest BCUT2D eigenvalue weighted by atomic mass is 16.6. The van der Waals surface area contributed by atoms with Crippen molar-refractivity contribution in [2.75, 3.05) is 7.05 Å². The van der Waals surface area contributed by atoms with Crippen LogP contribution in [-0.4, -0.2) is 22.8 Å². The van der Waals surface area contributed by atoms with Crippen LogP contribution in [0, 0.1) is 16.0 Å². The molecule has 3 rings (SSSR count). The zero-order valence-electron chi connectivity index (χ0n) is 13.8. The highest BCUT2D eigenvalue weighted by Gasteiger charge is 2.36. The average molecular weight is 328 g/mol. The van der Waals surface area contributed by atoms with E-state index < -0.39 is 4.92 Å². The number of nitrogens with zero attached hydrogens (tertiary/aromatic N) is 2. The summed E-state index contributed by atoms with van der Waals surface area (Å²) in [6, 6.07) is 9.98. The Morgan fingerprint density at radius 1 is 1.29 bits per heavy atom. The quantitative estimate of drug-likeness (QED) is 0.600. The highest BCUT2D eigenvalue weighted by Crippen LogP contribution is 2.47. The predicted octanol–water partition coefficient (Wildman–Crippen LogP) is 3.51. The molecule has 0 N–H and O–H groups in total. The first kappa shape index (κ1) is 16.2. The molecular formula is C18H20N2O4. The third kappa shape index (κ3) is 3.64. The van der Waals surface area contributed by atoms with Gasteiger partial charge >= 0.3 is 0 Å². The van der Waals surface area contributed by atoms with Crippen LogP contribution in [-0.2, 0) is 17.8 Å². The molecule has 1 aliphatic carbocycles. The van der Waals surface area contributed by atoms with Crippen molar-refractivity contribution in [3.05, 3.63) is 63.6 Å². The van der Waals surface area contributed by atoms with Crippen LogP contribution in [0.25, 0.3) is 0 Å². The number of furan rings is 1. The van der Waals surface area contributed by atoms with Crippen molar-refractivity contribution in [2.24, 2.45) is 5.92 Å². The van der Waals surface area contributed by atoms with E-state index in [0.29, 0.717) is 18.4 Å². The minimum Gasteiger partial charge on any atom is -0.464 e. The molecule has 0 aliphatic heterocycles. The van der Waals surface area contributed by atoms with Gasteiger partial charge < -0.3 is 9.32 Å². The second-order valence-corrected chi connectivity index (χ2v) is 6.47. The molecule has 6 heteroatoms. The molecule has 0 spiro atoms. The lowest BCUT2D eigenvalue weighted by Gasteiger charge is -2.15. The van der Waals surface area contributed by atoms with E-state index in [9.17, 15) is 14.9 Å². The summed E-state index contributed by atoms with van der Waals surface area (Å²) in [6.45, 7) is 2.62. The van der Waals surface area contributed by atoms with Crippen molar-refractivity contribution in [3.63, 3.8) is 0 Å². The van der Waals surface area contributed by atoms with Crippen LogP contribution in [0.15, 0.2) is 40.8 Å². The van der Waals surface area contributed by atoms with Gasteiger partial charge in [-0.05, 0) is 30.0 Å². The number of hydrogen-bond acceptors (Lipinski definition) is 4. The van der Waals surface area contributed by atoms with Gasteiger partial charge in [-0.15, -0.1) is 0 Å². The van der Waals surface area contributed by atoms with E-state index in [4.69, 9.17) is 4.42 Å². The summed E-state index contributed by atoms with van der Waals surface area (Å²) in [6.07, 6.45) is 1.38. The summed E-state index contributed by atoms with van der Waals surface area (Å²) in [5.41, 5.74) is 0.779. The summed E-state index contributed by atoms with van der Waals surface area (Å²) in [5.74, 6) is 2.95. The first-order chi connectivity index (χ1) is 11.4. The van der Waals surface area contributed by atoms with Crippen LogP contribution in [0.5, 0.6) is 0 Å². The SMILES string of the molecule is CC1CC1c1ccc(CN(C)C(=O)Cc2ccc([N+](=O)[O-])cc2)o1. The van der Waals surface area contributed by atoms with Gasteiger partial charge in [0, 0.05) is 25.1 Å². The van der Waals surface area contributed by atoms with E-state index in [1.54, 1.807) is 24.1 Å². The zero-order chi connectivity index (χ0) is 17.3. The number of carbonyl (C=O) groups excluding carboxylic acids is 1. The third-order valence-electron chi connectivity index (χ3n) is 4.48. The number of amides is 1. The van der Waals surface area contributed by atoms with Crippen molar-refractivity contribution in [1.82, 2.24) is 4.90 Å². The number of rotatable bonds is 6. The fraction of sp³-hybridized carbons (Fsp3) is 0.389. The predicted molar refractivity (Wildman–Crippen MR) is 88.5 cm³/mol. The molecule has 1 saturated carbocycles. The first-order valence-corrected chi connectivity index (χ1v) is 8.00. The van der Waals surface area contributed by atoms with Gasteiger partial charge in [-0.1, -0.05) is 19.1 Å². The van der Waals surface area contributed by atoms with E-state index in [-0.39, 0.29) is 18.0 Å². The van der Waals surface area contributed by atoms with Crippen molar-refractivity contribution in [3.8, 4) is 0 Å². The van der Waals surface area contributed by atoms with Crippen molar-refractivity contribution in [1.29, 1.82) is 0 Å². The lowest BCUT2D eigenvalue weighted by molar-refractivity contribution is -0.384. The molecule has 2 unspecified atom stereocenters. The van der Waals surface area contributed by atoms with Crippen LogP contribution in [0.3, 0.4) is 0 Å². The fourth-order valence-electron chi connectivity index (χ4n) is 2.76. The highest BCUT2D eigenvalue weighted by molar-refractivity contribution is 5.78. The summed E-state index contributed by atoms with van der Waals surface area (Å²) in [7, 11) is 1.73. The van der Waals surface area contributed by atoms with Crippen LogP contribution in [0.1, 0.15) is 36.3 Å². The number of benzene rings is 1. The van der Waals surface area contributed by atoms with Gasteiger partial charge in [0.15, 0.2) is 0 Å². The molecule has 2 atom stereocenters. The first-order valence-electron chi connectivity index (χ1n) is 8.00. The van der Waals surface area contributed by atoms with Gasteiger partial charge in [-0.2, -0.15) is 0 Å². The summed E-state index contributed by atoms with van der Waals surface area (Å²) >= 11 is 0. The number of carbonyl (C=O) groups is 1. The lowest BCUT2D eigenvalue weighted by Crippen LogP contribution is -2.27. The van der Waals surface area contributed by atoms with Gasteiger partial charge in [-0.25, -0.2) is 0 Å². The second-order valence-electron chi connectivity index (χ2n) is 6.47. The molecule has 0 bridgehead atoms. The minimum absolute atomic E-state index is 0.0250. The minimum atomic E-state index is -0.451. The molecule has 1 aromatic heterocycles. The molecule has 0 saturated heterocycles. The number of nitro benzene ring substituents is 1. The van der Waals surface area contributed by atoms with E-state index in [2.05, 4.69) is 6.92 Å².